The van der Waals surface area contributed by atoms with E-state index in [2.05, 4.69) is 15.6 Å². The van der Waals surface area contributed by atoms with Gasteiger partial charge in [0.05, 0.1) is 12.8 Å². The molecule has 168 valence electrons. The number of alkyl halides is 3. The van der Waals surface area contributed by atoms with Crippen LogP contribution in [0.5, 0.6) is 0 Å². The maximum absolute atomic E-state index is 12.6. The number of sulfonamides is 1. The van der Waals surface area contributed by atoms with E-state index in [9.17, 15) is 26.7 Å². The lowest BCUT2D eigenvalue weighted by Crippen LogP contribution is -2.51. The summed E-state index contributed by atoms with van der Waals surface area (Å²) in [5.41, 5.74) is -6.61. The highest BCUT2D eigenvalue weighted by molar-refractivity contribution is 14.0. The van der Waals surface area contributed by atoms with E-state index < -0.39 is 21.1 Å². The normalized spacial score (nSPS) is 19.3. The average molecular weight is 554 g/mol. The summed E-state index contributed by atoms with van der Waals surface area (Å²) < 4.78 is 66.5. The number of hydrogen-bond acceptors (Lipinski definition) is 5. The van der Waals surface area contributed by atoms with Crippen LogP contribution in [0.25, 0.3) is 0 Å². The lowest BCUT2D eigenvalue weighted by Gasteiger charge is -2.32. The Balaban J connectivity index is 0.00000420. The number of nitrogens with one attached hydrogen (secondary N) is 2. The van der Waals surface area contributed by atoms with Crippen LogP contribution in [0.1, 0.15) is 32.4 Å². The fourth-order valence-corrected chi connectivity index (χ4v) is 3.78. The first-order chi connectivity index (χ1) is 13.0. The molecule has 1 aromatic rings. The average Bonchev–Trinajstić information content (AvgIpc) is 3.15. The molecule has 0 saturated carbocycles. The molecule has 0 spiro atoms. The predicted molar refractivity (Wildman–Crippen MR) is 112 cm³/mol. The summed E-state index contributed by atoms with van der Waals surface area (Å²) in [6.45, 7) is 3.47. The second kappa shape index (κ2) is 10.3. The Morgan fingerprint density at radius 1 is 1.38 bits per heavy atom. The SMILES string of the molecule is CCNC(=NCC(C)(O)c1ccco1)NC1CCN(S(=O)(=O)C(F)(F)F)CC1.I. The van der Waals surface area contributed by atoms with E-state index in [1.807, 2.05) is 6.92 Å². The highest BCUT2D eigenvalue weighted by Gasteiger charge is 2.50. The number of nitrogens with zero attached hydrogens (tertiary/aromatic N) is 2. The molecule has 1 aromatic heterocycles. The first-order valence-corrected chi connectivity index (χ1v) is 10.3. The zero-order valence-corrected chi connectivity index (χ0v) is 19.2. The van der Waals surface area contributed by atoms with Gasteiger partial charge in [-0.25, -0.2) is 13.4 Å². The molecule has 8 nitrogen and oxygen atoms in total. The fourth-order valence-electron chi connectivity index (χ4n) is 2.80. The Morgan fingerprint density at radius 2 is 2.00 bits per heavy atom. The number of halogens is 4. The summed E-state index contributed by atoms with van der Waals surface area (Å²) in [5, 5.41) is 16.5. The second-order valence-electron chi connectivity index (χ2n) is 6.71. The smallest absolute Gasteiger partial charge is 0.466 e. The van der Waals surface area contributed by atoms with Crippen molar-refractivity contribution in [3.8, 4) is 0 Å². The Kier molecular flexibility index (Phi) is 9.23. The van der Waals surface area contributed by atoms with Gasteiger partial charge in [0.15, 0.2) is 5.96 Å². The van der Waals surface area contributed by atoms with Gasteiger partial charge in [0, 0.05) is 25.7 Å². The standard InChI is InChI=1S/C16H25F3N4O4S.HI/c1-3-20-14(21-11-15(2,24)13-5-4-10-27-13)22-12-6-8-23(9-7-12)28(25,26)16(17,18)19;/h4-5,10,12,24H,3,6-9,11H2,1-2H3,(H2,20,21,22);1H. The minimum Gasteiger partial charge on any atom is -0.466 e. The van der Waals surface area contributed by atoms with Crippen LogP contribution in [0.15, 0.2) is 27.8 Å². The van der Waals surface area contributed by atoms with Gasteiger partial charge in [0.25, 0.3) is 0 Å². The number of piperidine rings is 1. The number of rotatable bonds is 6. The molecule has 0 aromatic carbocycles. The van der Waals surface area contributed by atoms with E-state index in [0.29, 0.717) is 22.6 Å². The Labute approximate surface area is 185 Å². The van der Waals surface area contributed by atoms with Gasteiger partial charge in [-0.15, -0.1) is 24.0 Å². The molecule has 2 heterocycles. The van der Waals surface area contributed by atoms with E-state index in [4.69, 9.17) is 4.42 Å². The van der Waals surface area contributed by atoms with Crippen LogP contribution in [-0.2, 0) is 15.6 Å². The first kappa shape index (κ1) is 26.0. The summed E-state index contributed by atoms with van der Waals surface area (Å²) in [4.78, 5) is 4.31. The fraction of sp³-hybridized carbons (Fsp3) is 0.688. The van der Waals surface area contributed by atoms with Crippen molar-refractivity contribution in [3.63, 3.8) is 0 Å². The lowest BCUT2D eigenvalue weighted by molar-refractivity contribution is -0.0494. The van der Waals surface area contributed by atoms with E-state index in [1.165, 1.54) is 6.26 Å². The van der Waals surface area contributed by atoms with Crippen molar-refractivity contribution in [2.45, 2.75) is 43.8 Å². The largest absolute Gasteiger partial charge is 0.511 e. The van der Waals surface area contributed by atoms with Crippen molar-refractivity contribution in [1.82, 2.24) is 14.9 Å². The minimum atomic E-state index is -5.30. The van der Waals surface area contributed by atoms with Gasteiger partial charge >= 0.3 is 15.5 Å². The van der Waals surface area contributed by atoms with Gasteiger partial charge in [0.1, 0.15) is 11.4 Å². The highest BCUT2D eigenvalue weighted by Crippen LogP contribution is 2.29. The number of furan rings is 1. The van der Waals surface area contributed by atoms with Crippen LogP contribution in [0.4, 0.5) is 13.2 Å². The third-order valence-electron chi connectivity index (χ3n) is 4.37. The molecule has 3 N–H and O–H groups in total. The number of aliphatic imine (C=N–C) groups is 1. The molecule has 1 fully saturated rings. The Morgan fingerprint density at radius 3 is 2.48 bits per heavy atom. The van der Waals surface area contributed by atoms with Gasteiger partial charge < -0.3 is 20.2 Å². The number of guanidine groups is 1. The maximum Gasteiger partial charge on any atom is 0.511 e. The predicted octanol–water partition coefficient (Wildman–Crippen LogP) is 1.97. The second-order valence-corrected chi connectivity index (χ2v) is 8.64. The first-order valence-electron chi connectivity index (χ1n) is 8.85. The monoisotopic (exact) mass is 554 g/mol. The molecule has 0 radical (unpaired) electrons. The van der Waals surface area contributed by atoms with E-state index >= 15 is 0 Å². The van der Waals surface area contributed by atoms with Crippen molar-refractivity contribution in [3.05, 3.63) is 24.2 Å². The summed E-state index contributed by atoms with van der Waals surface area (Å²) >= 11 is 0. The molecule has 13 heteroatoms. The lowest BCUT2D eigenvalue weighted by atomic mass is 10.0. The molecule has 0 bridgehead atoms. The molecule has 0 aliphatic carbocycles. The molecule has 0 amide bonds. The van der Waals surface area contributed by atoms with Crippen molar-refractivity contribution in [2.75, 3.05) is 26.2 Å². The van der Waals surface area contributed by atoms with Crippen LogP contribution in [-0.4, -0.2) is 61.5 Å². The van der Waals surface area contributed by atoms with E-state index in [1.54, 1.807) is 19.1 Å². The van der Waals surface area contributed by atoms with Crippen LogP contribution in [0.2, 0.25) is 0 Å². The van der Waals surface area contributed by atoms with Crippen molar-refractivity contribution < 1.29 is 31.1 Å². The summed E-state index contributed by atoms with van der Waals surface area (Å²) in [7, 11) is -5.30. The summed E-state index contributed by atoms with van der Waals surface area (Å²) in [6.07, 6.45) is 1.85. The quantitative estimate of drug-likeness (QED) is 0.282. The molecule has 1 aliphatic rings. The minimum absolute atomic E-state index is 0. The van der Waals surface area contributed by atoms with Gasteiger partial charge in [0.2, 0.25) is 0 Å². The van der Waals surface area contributed by atoms with Crippen molar-refractivity contribution >= 4 is 40.0 Å². The van der Waals surface area contributed by atoms with Gasteiger partial charge in [-0.3, -0.25) is 0 Å². The molecule has 1 unspecified atom stereocenters. The summed E-state index contributed by atoms with van der Waals surface area (Å²) in [5.74, 6) is 0.740. The number of aliphatic hydroxyl groups is 1. The third kappa shape index (κ3) is 6.72. The van der Waals surface area contributed by atoms with Gasteiger partial charge in [-0.05, 0) is 38.8 Å². The van der Waals surface area contributed by atoms with E-state index in [0.717, 1.165) is 0 Å². The molecule has 1 aliphatic heterocycles. The van der Waals surface area contributed by atoms with Crippen molar-refractivity contribution in [1.29, 1.82) is 0 Å². The molecule has 2 rings (SSSR count). The maximum atomic E-state index is 12.6. The van der Waals surface area contributed by atoms with Gasteiger partial charge in [-0.2, -0.15) is 17.5 Å². The molecule has 1 atom stereocenters. The molecule has 29 heavy (non-hydrogen) atoms. The number of hydrogen-bond donors (Lipinski definition) is 3. The van der Waals surface area contributed by atoms with Crippen LogP contribution in [0, 0.1) is 0 Å². The molecule has 1 saturated heterocycles. The molecular formula is C16H26F3IN4O4S. The van der Waals surface area contributed by atoms with Crippen LogP contribution < -0.4 is 10.6 Å². The zero-order valence-electron chi connectivity index (χ0n) is 16.1. The Hall–Kier alpha value is -1.06. The van der Waals surface area contributed by atoms with Crippen molar-refractivity contribution in [2.24, 2.45) is 4.99 Å². The third-order valence-corrected chi connectivity index (χ3v) is 6.00. The Bertz CT molecular complexity index is 762. The molecular weight excluding hydrogens is 528 g/mol. The topological polar surface area (TPSA) is 107 Å². The summed E-state index contributed by atoms with van der Waals surface area (Å²) in [6, 6.07) is 3.04. The zero-order chi connectivity index (χ0) is 21.0. The van der Waals surface area contributed by atoms with Crippen LogP contribution in [0.3, 0.4) is 0 Å². The van der Waals surface area contributed by atoms with Gasteiger partial charge in [-0.1, -0.05) is 0 Å². The highest BCUT2D eigenvalue weighted by atomic mass is 127. The van der Waals surface area contributed by atoms with E-state index in [-0.39, 0.29) is 62.5 Å². The van der Waals surface area contributed by atoms with Crippen LogP contribution >= 0.6 is 24.0 Å².